The molecule has 0 saturated heterocycles. The summed E-state index contributed by atoms with van der Waals surface area (Å²) in [7, 11) is 0. The molecule has 2 heterocycles. The van der Waals surface area contributed by atoms with E-state index in [-0.39, 0.29) is 33.7 Å². The van der Waals surface area contributed by atoms with Crippen molar-refractivity contribution in [2.45, 2.75) is 19.4 Å². The minimum absolute atomic E-state index is 0.0445. The van der Waals surface area contributed by atoms with Crippen molar-refractivity contribution in [3.63, 3.8) is 0 Å². The van der Waals surface area contributed by atoms with Gasteiger partial charge in [0.1, 0.15) is 5.15 Å². The number of amides is 1. The molecular weight excluding hydrogens is 426 g/mol. The second-order valence-corrected chi connectivity index (χ2v) is 7.43. The fourth-order valence-electron chi connectivity index (χ4n) is 3.46. The number of benzene rings is 2. The summed E-state index contributed by atoms with van der Waals surface area (Å²) < 4.78 is 43.5. The van der Waals surface area contributed by atoms with Gasteiger partial charge in [0, 0.05) is 17.7 Å². The van der Waals surface area contributed by atoms with Gasteiger partial charge in [-0.25, -0.2) is 17.9 Å². The molecule has 4 nitrogen and oxygen atoms in total. The van der Waals surface area contributed by atoms with Gasteiger partial charge in [0.05, 0.1) is 16.8 Å². The Labute approximate surface area is 174 Å². The van der Waals surface area contributed by atoms with Gasteiger partial charge in [0.25, 0.3) is 5.91 Å². The van der Waals surface area contributed by atoms with E-state index < -0.39 is 29.4 Å². The van der Waals surface area contributed by atoms with Gasteiger partial charge in [-0.15, -0.1) is 0 Å². The van der Waals surface area contributed by atoms with Gasteiger partial charge in [-0.2, -0.15) is 5.10 Å². The smallest absolute Gasteiger partial charge is 0.279 e. The lowest BCUT2D eigenvalue weighted by Gasteiger charge is -2.26. The number of halogens is 5. The molecule has 1 aliphatic heterocycles. The molecule has 0 saturated carbocycles. The Hall–Kier alpha value is -2.51. The second kappa shape index (κ2) is 7.39. The van der Waals surface area contributed by atoms with E-state index in [2.05, 4.69) is 5.10 Å². The van der Waals surface area contributed by atoms with Crippen molar-refractivity contribution in [3.8, 4) is 0 Å². The van der Waals surface area contributed by atoms with Crippen LogP contribution in [0.1, 0.15) is 34.6 Å². The van der Waals surface area contributed by atoms with Gasteiger partial charge in [0.2, 0.25) is 0 Å². The summed E-state index contributed by atoms with van der Waals surface area (Å²) in [4.78, 5) is 14.2. The molecular formula is C20H14Cl2F3N3O. The summed E-state index contributed by atoms with van der Waals surface area (Å²) >= 11 is 12.2. The summed E-state index contributed by atoms with van der Waals surface area (Å²) in [5, 5.41) is 4.32. The zero-order valence-corrected chi connectivity index (χ0v) is 16.6. The van der Waals surface area contributed by atoms with Crippen LogP contribution < -0.4 is 4.90 Å². The third-order valence-electron chi connectivity index (χ3n) is 5.00. The summed E-state index contributed by atoms with van der Waals surface area (Å²) in [6, 6.07) is 7.46. The zero-order valence-electron chi connectivity index (χ0n) is 15.1. The number of rotatable bonds is 3. The van der Waals surface area contributed by atoms with Gasteiger partial charge in [-0.3, -0.25) is 4.79 Å². The van der Waals surface area contributed by atoms with Crippen LogP contribution in [0.3, 0.4) is 0 Å². The van der Waals surface area contributed by atoms with E-state index in [1.54, 1.807) is 13.0 Å². The molecule has 9 heteroatoms. The van der Waals surface area contributed by atoms with Gasteiger partial charge in [-0.05, 0) is 31.5 Å². The number of nitrogens with zero attached hydrogens (tertiary/aromatic N) is 3. The third-order valence-corrected chi connectivity index (χ3v) is 5.69. The summed E-state index contributed by atoms with van der Waals surface area (Å²) in [6.07, 6.45) is 0.324. The Kier molecular flexibility index (Phi) is 5.04. The molecule has 0 N–H and O–H groups in total. The minimum atomic E-state index is -1.00. The maximum Gasteiger partial charge on any atom is 0.279 e. The van der Waals surface area contributed by atoms with Gasteiger partial charge < -0.3 is 4.90 Å². The molecule has 0 radical (unpaired) electrons. The Balaban J connectivity index is 1.74. The van der Waals surface area contributed by atoms with E-state index in [4.69, 9.17) is 23.2 Å². The lowest BCUT2D eigenvalue weighted by atomic mass is 10.1. The number of aromatic nitrogens is 2. The Bertz CT molecular complexity index is 1130. The molecule has 1 aliphatic rings. The number of hydrogen-bond donors (Lipinski definition) is 0. The van der Waals surface area contributed by atoms with Crippen LogP contribution in [0.4, 0.5) is 18.9 Å². The predicted molar refractivity (Wildman–Crippen MR) is 104 cm³/mol. The van der Waals surface area contributed by atoms with Gasteiger partial charge in [0.15, 0.2) is 23.1 Å². The minimum Gasteiger partial charge on any atom is -0.304 e. The van der Waals surface area contributed by atoms with Gasteiger partial charge in [-0.1, -0.05) is 41.4 Å². The molecule has 1 amide bonds. The predicted octanol–water partition coefficient (Wildman–Crippen LogP) is 5.42. The number of carbonyl (C=O) groups excluding carboxylic acids is 1. The van der Waals surface area contributed by atoms with E-state index in [0.29, 0.717) is 12.0 Å². The molecule has 2 aromatic carbocycles. The highest BCUT2D eigenvalue weighted by molar-refractivity contribution is 6.32. The van der Waals surface area contributed by atoms with Crippen LogP contribution in [0, 0.1) is 17.5 Å². The zero-order chi connectivity index (χ0) is 20.9. The molecule has 0 unspecified atom stereocenters. The standard InChI is InChI=1S/C20H14Cl2F3N3O/c1-10(11-4-2-6-14(23)16(11)24)28-19(22)12-8-9-27(20(29)18(12)26-28)15-7-3-5-13(21)17(15)25/h2-7,10H,8-9H2,1H3/t10-/m1/s1. The Morgan fingerprint density at radius 3 is 2.55 bits per heavy atom. The van der Waals surface area contributed by atoms with Crippen molar-refractivity contribution in [2.75, 3.05) is 11.4 Å². The highest BCUT2D eigenvalue weighted by Crippen LogP contribution is 2.34. The van der Waals surface area contributed by atoms with Crippen molar-refractivity contribution in [2.24, 2.45) is 0 Å². The number of carbonyl (C=O) groups is 1. The highest BCUT2D eigenvalue weighted by atomic mass is 35.5. The van der Waals surface area contributed by atoms with Crippen LogP contribution in [0.25, 0.3) is 0 Å². The van der Waals surface area contributed by atoms with Crippen LogP contribution >= 0.6 is 23.2 Å². The number of hydrogen-bond acceptors (Lipinski definition) is 2. The summed E-state index contributed by atoms with van der Waals surface area (Å²) in [5.74, 6) is -3.23. The summed E-state index contributed by atoms with van der Waals surface area (Å²) in [5.41, 5.74) is 0.628. The van der Waals surface area contributed by atoms with Crippen molar-refractivity contribution in [1.29, 1.82) is 0 Å². The summed E-state index contributed by atoms with van der Waals surface area (Å²) in [6.45, 7) is 1.78. The molecule has 1 atom stereocenters. The lowest BCUT2D eigenvalue weighted by Crippen LogP contribution is -2.38. The maximum absolute atomic E-state index is 14.4. The SMILES string of the molecule is C[C@H](c1cccc(F)c1F)n1nc2c(c1Cl)CCN(c1cccc(Cl)c1F)C2=O. The van der Waals surface area contributed by atoms with E-state index in [1.807, 2.05) is 0 Å². The molecule has 0 aliphatic carbocycles. The van der Waals surface area contributed by atoms with Crippen LogP contribution in [0.2, 0.25) is 10.2 Å². The van der Waals surface area contributed by atoms with Crippen LogP contribution in [0.5, 0.6) is 0 Å². The average Bonchev–Trinajstić information content (AvgIpc) is 3.04. The fourth-order valence-corrected chi connectivity index (χ4v) is 3.99. The molecule has 0 fully saturated rings. The molecule has 150 valence electrons. The van der Waals surface area contributed by atoms with Crippen molar-refractivity contribution >= 4 is 34.8 Å². The Morgan fingerprint density at radius 1 is 1.07 bits per heavy atom. The molecule has 3 aromatic rings. The van der Waals surface area contributed by atoms with Crippen molar-refractivity contribution in [1.82, 2.24) is 9.78 Å². The maximum atomic E-state index is 14.4. The monoisotopic (exact) mass is 439 g/mol. The lowest BCUT2D eigenvalue weighted by molar-refractivity contribution is 0.0974. The molecule has 29 heavy (non-hydrogen) atoms. The quantitative estimate of drug-likeness (QED) is 0.546. The third kappa shape index (κ3) is 3.18. The molecule has 0 bridgehead atoms. The van der Waals surface area contributed by atoms with Crippen LogP contribution in [-0.2, 0) is 6.42 Å². The van der Waals surface area contributed by atoms with Crippen LogP contribution in [-0.4, -0.2) is 22.2 Å². The van der Waals surface area contributed by atoms with E-state index in [1.165, 1.54) is 33.8 Å². The van der Waals surface area contributed by atoms with Gasteiger partial charge >= 0.3 is 0 Å². The first-order chi connectivity index (χ1) is 13.8. The first-order valence-corrected chi connectivity index (χ1v) is 9.53. The average molecular weight is 440 g/mol. The fraction of sp³-hybridized carbons (Fsp3) is 0.200. The van der Waals surface area contributed by atoms with E-state index in [0.717, 1.165) is 6.07 Å². The Morgan fingerprint density at radius 2 is 1.79 bits per heavy atom. The van der Waals surface area contributed by atoms with E-state index in [9.17, 15) is 18.0 Å². The molecule has 4 rings (SSSR count). The first kappa shape index (κ1) is 19.8. The normalized spacial score (nSPS) is 14.8. The molecule has 0 spiro atoms. The van der Waals surface area contributed by atoms with Crippen molar-refractivity contribution in [3.05, 3.63) is 80.8 Å². The number of anilines is 1. The topological polar surface area (TPSA) is 38.1 Å². The van der Waals surface area contributed by atoms with E-state index >= 15 is 0 Å². The second-order valence-electron chi connectivity index (χ2n) is 6.66. The first-order valence-electron chi connectivity index (χ1n) is 8.78. The van der Waals surface area contributed by atoms with Crippen molar-refractivity contribution < 1.29 is 18.0 Å². The highest BCUT2D eigenvalue weighted by Gasteiger charge is 2.34. The molecule has 1 aromatic heterocycles. The van der Waals surface area contributed by atoms with Crippen LogP contribution in [0.15, 0.2) is 36.4 Å². The largest absolute Gasteiger partial charge is 0.304 e. The number of fused-ring (bicyclic) bond motifs is 1.